The highest BCUT2D eigenvalue weighted by Crippen LogP contribution is 2.19. The van der Waals surface area contributed by atoms with Gasteiger partial charge in [0.1, 0.15) is 5.82 Å². The van der Waals surface area contributed by atoms with Crippen LogP contribution in [0, 0.1) is 17.0 Å². The van der Waals surface area contributed by atoms with Gasteiger partial charge in [-0.05, 0) is 37.8 Å². The molecule has 0 radical (unpaired) electrons. The second kappa shape index (κ2) is 7.21. The second-order valence-electron chi connectivity index (χ2n) is 5.96. The van der Waals surface area contributed by atoms with Crippen molar-refractivity contribution >= 4 is 23.7 Å². The number of rotatable bonds is 4. The third kappa shape index (κ3) is 3.95. The number of anilines is 1. The molecular formula is C18H20N4O2. The molecule has 124 valence electrons. The standard InChI is InChI=1S/C18H20N4O2/c1-14-12-18(21-10-3-2-4-11-21)20-17(19-14)9-8-15-6-5-7-16(13-15)22(23)24/h5-9,12-13H,2-4,10-11H2,1H3/b9-8+. The van der Waals surface area contributed by atoms with Crippen LogP contribution < -0.4 is 4.90 Å². The van der Waals surface area contributed by atoms with Crippen molar-refractivity contribution in [3.05, 3.63) is 57.5 Å². The van der Waals surface area contributed by atoms with E-state index in [9.17, 15) is 10.1 Å². The normalized spacial score (nSPS) is 15.0. The molecule has 1 saturated heterocycles. The van der Waals surface area contributed by atoms with Gasteiger partial charge in [-0.25, -0.2) is 9.97 Å². The number of benzene rings is 1. The number of aryl methyl sites for hydroxylation is 1. The molecule has 0 N–H and O–H groups in total. The van der Waals surface area contributed by atoms with Gasteiger partial charge in [0.05, 0.1) is 4.92 Å². The summed E-state index contributed by atoms with van der Waals surface area (Å²) in [6, 6.07) is 8.53. The molecule has 0 bridgehead atoms. The smallest absolute Gasteiger partial charge is 0.270 e. The van der Waals surface area contributed by atoms with Crippen LogP contribution in [0.25, 0.3) is 12.2 Å². The van der Waals surface area contributed by atoms with Crippen LogP contribution in [0.5, 0.6) is 0 Å². The van der Waals surface area contributed by atoms with Crippen molar-refractivity contribution in [3.8, 4) is 0 Å². The molecule has 3 rings (SSSR count). The number of piperidine rings is 1. The van der Waals surface area contributed by atoms with Gasteiger partial charge < -0.3 is 4.90 Å². The number of hydrogen-bond acceptors (Lipinski definition) is 5. The fraction of sp³-hybridized carbons (Fsp3) is 0.333. The average Bonchev–Trinajstić information content (AvgIpc) is 2.60. The summed E-state index contributed by atoms with van der Waals surface area (Å²) in [6.07, 6.45) is 7.28. The number of nitro benzene ring substituents is 1. The number of nitro groups is 1. The predicted octanol–water partition coefficient (Wildman–Crippen LogP) is 3.85. The molecule has 24 heavy (non-hydrogen) atoms. The Morgan fingerprint density at radius 1 is 1.12 bits per heavy atom. The van der Waals surface area contributed by atoms with Gasteiger partial charge >= 0.3 is 0 Å². The van der Waals surface area contributed by atoms with E-state index in [-0.39, 0.29) is 5.69 Å². The number of aromatic nitrogens is 2. The number of non-ortho nitro benzene ring substituents is 1. The first-order valence-electron chi connectivity index (χ1n) is 8.15. The maximum Gasteiger partial charge on any atom is 0.270 e. The van der Waals surface area contributed by atoms with Crippen molar-refractivity contribution in [1.82, 2.24) is 9.97 Å². The monoisotopic (exact) mass is 324 g/mol. The van der Waals surface area contributed by atoms with Crippen molar-refractivity contribution in [2.45, 2.75) is 26.2 Å². The molecule has 6 heteroatoms. The minimum atomic E-state index is -0.394. The molecular weight excluding hydrogens is 304 g/mol. The van der Waals surface area contributed by atoms with E-state index in [1.54, 1.807) is 12.1 Å². The first-order chi connectivity index (χ1) is 11.6. The van der Waals surface area contributed by atoms with Gasteiger partial charge in [0, 0.05) is 37.0 Å². The molecule has 0 atom stereocenters. The molecule has 0 saturated carbocycles. The number of nitrogens with zero attached hydrogens (tertiary/aromatic N) is 4. The van der Waals surface area contributed by atoms with Crippen LogP contribution in [0.1, 0.15) is 36.3 Å². The molecule has 1 aromatic carbocycles. The van der Waals surface area contributed by atoms with Crippen LogP contribution >= 0.6 is 0 Å². The fourth-order valence-electron chi connectivity index (χ4n) is 2.85. The molecule has 1 aliphatic rings. The third-order valence-electron chi connectivity index (χ3n) is 4.04. The van der Waals surface area contributed by atoms with Gasteiger partial charge in [0.25, 0.3) is 5.69 Å². The lowest BCUT2D eigenvalue weighted by molar-refractivity contribution is -0.384. The van der Waals surface area contributed by atoms with Crippen LogP contribution in [-0.2, 0) is 0 Å². The Morgan fingerprint density at radius 3 is 2.67 bits per heavy atom. The maximum atomic E-state index is 10.8. The second-order valence-corrected chi connectivity index (χ2v) is 5.96. The minimum Gasteiger partial charge on any atom is -0.356 e. The molecule has 0 unspecified atom stereocenters. The van der Waals surface area contributed by atoms with E-state index in [0.717, 1.165) is 30.2 Å². The molecule has 1 aliphatic heterocycles. The maximum absolute atomic E-state index is 10.8. The summed E-state index contributed by atoms with van der Waals surface area (Å²) in [5.74, 6) is 1.59. The molecule has 1 fully saturated rings. The van der Waals surface area contributed by atoms with E-state index in [0.29, 0.717) is 5.82 Å². The van der Waals surface area contributed by atoms with E-state index in [1.807, 2.05) is 25.1 Å². The van der Waals surface area contributed by atoms with Gasteiger partial charge in [-0.2, -0.15) is 0 Å². The van der Waals surface area contributed by atoms with Gasteiger partial charge in [-0.3, -0.25) is 10.1 Å². The zero-order valence-electron chi connectivity index (χ0n) is 13.7. The third-order valence-corrected chi connectivity index (χ3v) is 4.04. The van der Waals surface area contributed by atoms with E-state index in [2.05, 4.69) is 14.9 Å². The highest BCUT2D eigenvalue weighted by molar-refractivity contribution is 5.68. The van der Waals surface area contributed by atoms with E-state index in [1.165, 1.54) is 31.4 Å². The first-order valence-corrected chi connectivity index (χ1v) is 8.15. The summed E-state index contributed by atoms with van der Waals surface area (Å²) >= 11 is 0. The van der Waals surface area contributed by atoms with Gasteiger partial charge in [0.2, 0.25) is 0 Å². The summed E-state index contributed by atoms with van der Waals surface area (Å²) in [5.41, 5.74) is 1.76. The van der Waals surface area contributed by atoms with E-state index < -0.39 is 4.92 Å². The zero-order chi connectivity index (χ0) is 16.9. The van der Waals surface area contributed by atoms with Crippen LogP contribution in [-0.4, -0.2) is 28.0 Å². The van der Waals surface area contributed by atoms with Gasteiger partial charge in [-0.1, -0.05) is 18.2 Å². The molecule has 0 amide bonds. The summed E-state index contributed by atoms with van der Waals surface area (Å²) in [7, 11) is 0. The highest BCUT2D eigenvalue weighted by Gasteiger charge is 2.13. The van der Waals surface area contributed by atoms with E-state index >= 15 is 0 Å². The van der Waals surface area contributed by atoms with Crippen molar-refractivity contribution in [1.29, 1.82) is 0 Å². The average molecular weight is 324 g/mol. The quantitative estimate of drug-likeness (QED) is 0.631. The zero-order valence-corrected chi connectivity index (χ0v) is 13.7. The van der Waals surface area contributed by atoms with E-state index in [4.69, 9.17) is 0 Å². The summed E-state index contributed by atoms with van der Waals surface area (Å²) in [5, 5.41) is 10.8. The van der Waals surface area contributed by atoms with Crippen LogP contribution in [0.15, 0.2) is 30.3 Å². The van der Waals surface area contributed by atoms with Crippen molar-refractivity contribution in [2.24, 2.45) is 0 Å². The van der Waals surface area contributed by atoms with Crippen LogP contribution in [0.4, 0.5) is 11.5 Å². The molecule has 0 aliphatic carbocycles. The number of hydrogen-bond donors (Lipinski definition) is 0. The van der Waals surface area contributed by atoms with Gasteiger partial charge in [-0.15, -0.1) is 0 Å². The molecule has 6 nitrogen and oxygen atoms in total. The molecule has 0 spiro atoms. The largest absolute Gasteiger partial charge is 0.356 e. The Balaban J connectivity index is 1.82. The topological polar surface area (TPSA) is 72.2 Å². The molecule has 1 aromatic heterocycles. The van der Waals surface area contributed by atoms with Crippen LogP contribution in [0.2, 0.25) is 0 Å². The summed E-state index contributed by atoms with van der Waals surface area (Å²) in [6.45, 7) is 4.02. The lowest BCUT2D eigenvalue weighted by atomic mass is 10.1. The van der Waals surface area contributed by atoms with Crippen molar-refractivity contribution in [3.63, 3.8) is 0 Å². The first kappa shape index (κ1) is 16.1. The lowest BCUT2D eigenvalue weighted by Gasteiger charge is -2.27. The lowest BCUT2D eigenvalue weighted by Crippen LogP contribution is -2.30. The molecule has 2 heterocycles. The fourth-order valence-corrected chi connectivity index (χ4v) is 2.85. The summed E-state index contributed by atoms with van der Waals surface area (Å²) < 4.78 is 0. The Kier molecular flexibility index (Phi) is 4.84. The Labute approximate surface area is 141 Å². The SMILES string of the molecule is Cc1cc(N2CCCCC2)nc(/C=C/c2cccc([N+](=O)[O-])c2)n1. The van der Waals surface area contributed by atoms with Crippen molar-refractivity contribution < 1.29 is 4.92 Å². The molecule has 2 aromatic rings. The Hall–Kier alpha value is -2.76. The predicted molar refractivity (Wildman–Crippen MR) is 94.9 cm³/mol. The Bertz CT molecular complexity index is 767. The van der Waals surface area contributed by atoms with Gasteiger partial charge in [0.15, 0.2) is 5.82 Å². The van der Waals surface area contributed by atoms with Crippen LogP contribution in [0.3, 0.4) is 0 Å². The highest BCUT2D eigenvalue weighted by atomic mass is 16.6. The van der Waals surface area contributed by atoms with Crippen molar-refractivity contribution in [2.75, 3.05) is 18.0 Å². The minimum absolute atomic E-state index is 0.0799. The Morgan fingerprint density at radius 2 is 1.92 bits per heavy atom. The summed E-state index contributed by atoms with van der Waals surface area (Å²) in [4.78, 5) is 21.8.